The molecule has 0 aromatic heterocycles. The molecule has 2 atom stereocenters. The minimum atomic E-state index is 0.210. The van der Waals surface area contributed by atoms with Crippen LogP contribution in [-0.2, 0) is 4.79 Å². The van der Waals surface area contributed by atoms with Crippen molar-refractivity contribution in [3.05, 3.63) is 12.2 Å². The summed E-state index contributed by atoms with van der Waals surface area (Å²) in [6.07, 6.45) is 0. The predicted octanol–water partition coefficient (Wildman–Crippen LogP) is 1.09. The lowest BCUT2D eigenvalue weighted by molar-refractivity contribution is -0.132. The molecule has 1 N–H and O–H groups in total. The molecule has 0 radical (unpaired) electrons. The summed E-state index contributed by atoms with van der Waals surface area (Å²) in [6.45, 7) is 16.0. The Bertz CT molecular complexity index is 293. The predicted molar refractivity (Wildman–Crippen MR) is 75.6 cm³/mol. The van der Waals surface area contributed by atoms with Crippen LogP contribution in [0.3, 0.4) is 0 Å². The van der Waals surface area contributed by atoms with Crippen LogP contribution in [0.15, 0.2) is 12.2 Å². The zero-order chi connectivity index (χ0) is 13.7. The van der Waals surface area contributed by atoms with E-state index < -0.39 is 0 Å². The number of piperazine rings is 1. The first kappa shape index (κ1) is 15.2. The molecule has 2 unspecified atom stereocenters. The average molecular weight is 253 g/mol. The van der Waals surface area contributed by atoms with Gasteiger partial charge in [-0.25, -0.2) is 0 Å². The second kappa shape index (κ2) is 6.90. The molecule has 18 heavy (non-hydrogen) atoms. The molecule has 1 amide bonds. The molecule has 4 heteroatoms. The van der Waals surface area contributed by atoms with Gasteiger partial charge in [0.1, 0.15) is 0 Å². The topological polar surface area (TPSA) is 35.6 Å². The molecule has 1 aliphatic heterocycles. The number of nitrogens with one attached hydrogen (secondary N) is 1. The number of amides is 1. The number of hydrogen-bond donors (Lipinski definition) is 1. The zero-order valence-corrected chi connectivity index (χ0v) is 12.2. The van der Waals surface area contributed by atoms with E-state index in [1.54, 1.807) is 0 Å². The first-order chi connectivity index (χ1) is 8.42. The monoisotopic (exact) mass is 253 g/mol. The van der Waals surface area contributed by atoms with E-state index in [0.29, 0.717) is 25.2 Å². The lowest BCUT2D eigenvalue weighted by Crippen LogP contribution is -2.56. The van der Waals surface area contributed by atoms with Crippen LogP contribution in [0.1, 0.15) is 27.7 Å². The molecule has 1 saturated heterocycles. The van der Waals surface area contributed by atoms with Gasteiger partial charge in [0.2, 0.25) is 5.91 Å². The third-order valence-corrected chi connectivity index (χ3v) is 3.19. The maximum absolute atomic E-state index is 12.2. The van der Waals surface area contributed by atoms with Crippen LogP contribution in [0.4, 0.5) is 0 Å². The summed E-state index contributed by atoms with van der Waals surface area (Å²) < 4.78 is 0. The van der Waals surface area contributed by atoms with Crippen molar-refractivity contribution in [2.75, 3.05) is 32.7 Å². The number of nitrogens with zero attached hydrogens (tertiary/aromatic N) is 2. The van der Waals surface area contributed by atoms with E-state index in [1.165, 1.54) is 0 Å². The van der Waals surface area contributed by atoms with Gasteiger partial charge in [-0.2, -0.15) is 0 Å². The summed E-state index contributed by atoms with van der Waals surface area (Å²) in [4.78, 5) is 16.3. The second-order valence-corrected chi connectivity index (χ2v) is 5.53. The Morgan fingerprint density at radius 3 is 2.39 bits per heavy atom. The van der Waals surface area contributed by atoms with Crippen LogP contribution in [0.5, 0.6) is 0 Å². The van der Waals surface area contributed by atoms with E-state index in [2.05, 4.69) is 30.6 Å². The minimum absolute atomic E-state index is 0.210. The van der Waals surface area contributed by atoms with Gasteiger partial charge in [0, 0.05) is 38.3 Å². The Morgan fingerprint density at radius 1 is 1.39 bits per heavy atom. The Morgan fingerprint density at radius 2 is 1.94 bits per heavy atom. The highest BCUT2D eigenvalue weighted by Gasteiger charge is 2.24. The third kappa shape index (κ3) is 4.78. The Labute approximate surface area is 111 Å². The van der Waals surface area contributed by atoms with Gasteiger partial charge in [0.15, 0.2) is 0 Å². The summed E-state index contributed by atoms with van der Waals surface area (Å²) in [6, 6.07) is 0.913. The molecule has 0 bridgehead atoms. The van der Waals surface area contributed by atoms with E-state index in [-0.39, 0.29) is 5.91 Å². The van der Waals surface area contributed by atoms with Gasteiger partial charge >= 0.3 is 0 Å². The Kier molecular flexibility index (Phi) is 5.82. The van der Waals surface area contributed by atoms with Crippen molar-refractivity contribution in [3.8, 4) is 0 Å². The molecular weight excluding hydrogens is 226 g/mol. The molecule has 4 nitrogen and oxygen atoms in total. The van der Waals surface area contributed by atoms with Crippen molar-refractivity contribution in [1.29, 1.82) is 0 Å². The minimum Gasteiger partial charge on any atom is -0.338 e. The molecule has 1 rings (SSSR count). The highest BCUT2D eigenvalue weighted by atomic mass is 16.2. The normalized spacial score (nSPS) is 24.9. The zero-order valence-electron chi connectivity index (χ0n) is 12.2. The average Bonchev–Trinajstić information content (AvgIpc) is 2.23. The lowest BCUT2D eigenvalue weighted by atomic mass is 10.1. The molecule has 0 saturated carbocycles. The second-order valence-electron chi connectivity index (χ2n) is 5.53. The number of likely N-dealkylation sites (N-methyl/N-ethyl adjacent to an activating group) is 1. The molecule has 104 valence electrons. The fraction of sp³-hybridized carbons (Fsp3) is 0.786. The first-order valence-corrected chi connectivity index (χ1v) is 6.83. The largest absolute Gasteiger partial charge is 0.338 e. The number of rotatable bonds is 5. The van der Waals surface area contributed by atoms with Crippen molar-refractivity contribution in [2.45, 2.75) is 39.8 Å². The van der Waals surface area contributed by atoms with Crippen LogP contribution in [0.25, 0.3) is 0 Å². The van der Waals surface area contributed by atoms with E-state index >= 15 is 0 Å². The van der Waals surface area contributed by atoms with Crippen molar-refractivity contribution in [2.24, 2.45) is 0 Å². The van der Waals surface area contributed by atoms with Crippen LogP contribution in [-0.4, -0.2) is 60.5 Å². The van der Waals surface area contributed by atoms with Gasteiger partial charge in [-0.15, -0.1) is 0 Å². The lowest BCUT2D eigenvalue weighted by Gasteiger charge is -2.36. The van der Waals surface area contributed by atoms with Gasteiger partial charge in [-0.1, -0.05) is 12.2 Å². The van der Waals surface area contributed by atoms with Gasteiger partial charge in [-0.3, -0.25) is 9.69 Å². The molecule has 1 heterocycles. The molecule has 0 aliphatic carbocycles. The van der Waals surface area contributed by atoms with Crippen LogP contribution < -0.4 is 5.32 Å². The van der Waals surface area contributed by atoms with E-state index in [1.807, 2.05) is 18.7 Å². The Hall–Kier alpha value is -0.870. The van der Waals surface area contributed by atoms with Crippen molar-refractivity contribution >= 4 is 5.91 Å². The quantitative estimate of drug-likeness (QED) is 0.745. The van der Waals surface area contributed by atoms with E-state index in [0.717, 1.165) is 25.2 Å². The van der Waals surface area contributed by atoms with Crippen molar-refractivity contribution in [3.63, 3.8) is 0 Å². The fourth-order valence-corrected chi connectivity index (χ4v) is 2.56. The van der Waals surface area contributed by atoms with Crippen molar-refractivity contribution < 1.29 is 4.79 Å². The first-order valence-electron chi connectivity index (χ1n) is 6.83. The molecule has 1 aliphatic rings. The van der Waals surface area contributed by atoms with Gasteiger partial charge < -0.3 is 10.2 Å². The molecule has 0 aromatic carbocycles. The van der Waals surface area contributed by atoms with Gasteiger partial charge in [0.05, 0.1) is 6.54 Å². The van der Waals surface area contributed by atoms with Crippen LogP contribution in [0, 0.1) is 0 Å². The van der Waals surface area contributed by atoms with Gasteiger partial charge in [0.25, 0.3) is 0 Å². The van der Waals surface area contributed by atoms with E-state index in [9.17, 15) is 4.79 Å². The summed E-state index contributed by atoms with van der Waals surface area (Å²) in [5, 5.41) is 3.48. The molecule has 1 fully saturated rings. The maximum Gasteiger partial charge on any atom is 0.237 e. The maximum atomic E-state index is 12.2. The molecule has 0 spiro atoms. The number of carbonyl (C=O) groups is 1. The summed E-state index contributed by atoms with van der Waals surface area (Å²) in [7, 11) is 0. The highest BCUT2D eigenvalue weighted by Crippen LogP contribution is 2.05. The summed E-state index contributed by atoms with van der Waals surface area (Å²) in [5.74, 6) is 0.210. The van der Waals surface area contributed by atoms with Crippen LogP contribution >= 0.6 is 0 Å². The molecular formula is C14H27N3O. The highest BCUT2D eigenvalue weighted by molar-refractivity contribution is 5.78. The van der Waals surface area contributed by atoms with Crippen LogP contribution in [0.2, 0.25) is 0 Å². The van der Waals surface area contributed by atoms with Crippen molar-refractivity contribution in [1.82, 2.24) is 15.1 Å². The van der Waals surface area contributed by atoms with Gasteiger partial charge in [-0.05, 0) is 27.7 Å². The third-order valence-electron chi connectivity index (χ3n) is 3.19. The summed E-state index contributed by atoms with van der Waals surface area (Å²) in [5.41, 5.74) is 1.03. The number of hydrogen-bond acceptors (Lipinski definition) is 3. The standard InChI is InChI=1S/C14H27N3O/c1-6-17(7-11(2)3)14(18)10-16-8-12(4)15-13(5)9-16/h12-13,15H,2,6-10H2,1,3-5H3. The number of carbonyl (C=O) groups excluding carboxylic acids is 1. The SMILES string of the molecule is C=C(C)CN(CC)C(=O)CN1CC(C)NC(C)C1. The molecule has 0 aromatic rings. The fourth-order valence-electron chi connectivity index (χ4n) is 2.56. The smallest absolute Gasteiger partial charge is 0.237 e. The van der Waals surface area contributed by atoms with E-state index in [4.69, 9.17) is 0 Å². The summed E-state index contributed by atoms with van der Waals surface area (Å²) >= 11 is 0. The Balaban J connectivity index is 2.49.